The second-order valence-electron chi connectivity index (χ2n) is 5.15. The monoisotopic (exact) mass is 371 g/mol. The molecule has 0 radical (unpaired) electrons. The lowest BCUT2D eigenvalue weighted by molar-refractivity contribution is -0.139. The van der Waals surface area contributed by atoms with Gasteiger partial charge in [0.15, 0.2) is 0 Å². The van der Waals surface area contributed by atoms with E-state index in [2.05, 4.69) is 22.4 Å². The normalized spacial score (nSPS) is 10.3. The lowest BCUT2D eigenvalue weighted by atomic mass is 10.2. The Morgan fingerprint density at radius 1 is 1.15 bits per heavy atom. The van der Waals surface area contributed by atoms with Crippen molar-refractivity contribution in [3.8, 4) is 5.75 Å². The van der Waals surface area contributed by atoms with Crippen molar-refractivity contribution >= 4 is 29.6 Å². The SMILES string of the molecule is C=CCNC(=O)C(=O)N/N=C\c1cccc(OCc2ccccc2Cl)c1. The lowest BCUT2D eigenvalue weighted by Gasteiger charge is -2.08. The first kappa shape index (κ1) is 19.2. The van der Waals surface area contributed by atoms with Crippen molar-refractivity contribution in [3.63, 3.8) is 0 Å². The summed E-state index contributed by atoms with van der Waals surface area (Å²) < 4.78 is 5.72. The van der Waals surface area contributed by atoms with E-state index in [0.717, 1.165) is 5.56 Å². The van der Waals surface area contributed by atoms with Gasteiger partial charge in [0.25, 0.3) is 0 Å². The van der Waals surface area contributed by atoms with Crippen molar-refractivity contribution in [2.45, 2.75) is 6.61 Å². The molecule has 0 saturated carbocycles. The number of nitrogens with one attached hydrogen (secondary N) is 2. The molecular weight excluding hydrogens is 354 g/mol. The van der Waals surface area contributed by atoms with Crippen LogP contribution in [0.4, 0.5) is 0 Å². The number of rotatable bonds is 7. The van der Waals surface area contributed by atoms with E-state index < -0.39 is 11.8 Å². The summed E-state index contributed by atoms with van der Waals surface area (Å²) in [5.74, 6) is -1.00. The number of ether oxygens (including phenoxy) is 1. The van der Waals surface area contributed by atoms with Gasteiger partial charge in [0.1, 0.15) is 12.4 Å². The Hall–Kier alpha value is -3.12. The largest absolute Gasteiger partial charge is 0.489 e. The topological polar surface area (TPSA) is 79.8 Å². The summed E-state index contributed by atoms with van der Waals surface area (Å²) in [6, 6.07) is 14.6. The van der Waals surface area contributed by atoms with Crippen LogP contribution in [-0.2, 0) is 16.2 Å². The van der Waals surface area contributed by atoms with Crippen LogP contribution in [0.2, 0.25) is 5.02 Å². The standard InChI is InChI=1S/C19H18ClN3O3/c1-2-10-21-18(24)19(25)23-22-12-14-6-5-8-16(11-14)26-13-15-7-3-4-9-17(15)20/h2-9,11-12H,1,10,13H2,(H,21,24)(H,23,25)/b22-12-. The molecule has 134 valence electrons. The van der Waals surface area contributed by atoms with Crippen LogP contribution in [0.5, 0.6) is 5.75 Å². The van der Waals surface area contributed by atoms with E-state index >= 15 is 0 Å². The van der Waals surface area contributed by atoms with Gasteiger partial charge in [-0.15, -0.1) is 6.58 Å². The van der Waals surface area contributed by atoms with Crippen LogP contribution in [-0.4, -0.2) is 24.6 Å². The van der Waals surface area contributed by atoms with Crippen LogP contribution in [0.15, 0.2) is 66.3 Å². The molecule has 2 aromatic rings. The Morgan fingerprint density at radius 3 is 2.73 bits per heavy atom. The van der Waals surface area contributed by atoms with E-state index in [0.29, 0.717) is 22.9 Å². The highest BCUT2D eigenvalue weighted by Crippen LogP contribution is 2.19. The molecule has 0 fully saturated rings. The molecular formula is C19H18ClN3O3. The zero-order valence-corrected chi connectivity index (χ0v) is 14.7. The maximum absolute atomic E-state index is 11.5. The zero-order valence-electron chi connectivity index (χ0n) is 13.9. The van der Waals surface area contributed by atoms with Crippen molar-refractivity contribution in [1.29, 1.82) is 0 Å². The first-order valence-corrected chi connectivity index (χ1v) is 8.16. The predicted octanol–water partition coefficient (Wildman–Crippen LogP) is 2.67. The summed E-state index contributed by atoms with van der Waals surface area (Å²) in [4.78, 5) is 22.9. The molecule has 0 aromatic heterocycles. The number of amides is 2. The molecule has 0 bridgehead atoms. The van der Waals surface area contributed by atoms with E-state index in [-0.39, 0.29) is 6.54 Å². The van der Waals surface area contributed by atoms with Crippen LogP contribution >= 0.6 is 11.6 Å². The Kier molecular flexibility index (Phi) is 7.39. The van der Waals surface area contributed by atoms with Crippen LogP contribution in [0.1, 0.15) is 11.1 Å². The van der Waals surface area contributed by atoms with Crippen molar-refractivity contribution in [2.24, 2.45) is 5.10 Å². The fourth-order valence-electron chi connectivity index (χ4n) is 1.92. The third-order valence-electron chi connectivity index (χ3n) is 3.20. The summed E-state index contributed by atoms with van der Waals surface area (Å²) in [6.45, 7) is 3.99. The van der Waals surface area contributed by atoms with Gasteiger partial charge in [-0.3, -0.25) is 9.59 Å². The molecule has 0 unspecified atom stereocenters. The molecule has 2 rings (SSSR count). The number of hydrazone groups is 1. The molecule has 26 heavy (non-hydrogen) atoms. The molecule has 0 aliphatic rings. The fraction of sp³-hybridized carbons (Fsp3) is 0.105. The number of halogens is 1. The van der Waals surface area contributed by atoms with E-state index in [1.54, 1.807) is 30.3 Å². The Morgan fingerprint density at radius 2 is 1.96 bits per heavy atom. The maximum Gasteiger partial charge on any atom is 0.329 e. The summed E-state index contributed by atoms with van der Waals surface area (Å²) in [5, 5.41) is 6.75. The molecule has 0 atom stereocenters. The third kappa shape index (κ3) is 6.07. The van der Waals surface area contributed by atoms with Crippen molar-refractivity contribution in [2.75, 3.05) is 6.54 Å². The minimum atomic E-state index is -0.853. The Balaban J connectivity index is 1.90. The molecule has 2 aromatic carbocycles. The van der Waals surface area contributed by atoms with Gasteiger partial charge in [-0.2, -0.15) is 5.10 Å². The van der Waals surface area contributed by atoms with Gasteiger partial charge in [-0.25, -0.2) is 5.43 Å². The molecule has 6 nitrogen and oxygen atoms in total. The van der Waals surface area contributed by atoms with Crippen LogP contribution in [0, 0.1) is 0 Å². The first-order chi connectivity index (χ1) is 12.6. The highest BCUT2D eigenvalue weighted by molar-refractivity contribution is 6.35. The number of hydrogen-bond acceptors (Lipinski definition) is 4. The lowest BCUT2D eigenvalue weighted by Crippen LogP contribution is -2.37. The highest BCUT2D eigenvalue weighted by atomic mass is 35.5. The van der Waals surface area contributed by atoms with Gasteiger partial charge in [0.2, 0.25) is 0 Å². The molecule has 2 amide bonds. The van der Waals surface area contributed by atoms with Gasteiger partial charge in [0.05, 0.1) is 6.21 Å². The van der Waals surface area contributed by atoms with E-state index in [1.165, 1.54) is 12.3 Å². The second kappa shape index (κ2) is 10.0. The summed E-state index contributed by atoms with van der Waals surface area (Å²) in [6.07, 6.45) is 2.89. The van der Waals surface area contributed by atoms with E-state index in [1.807, 2.05) is 18.2 Å². The van der Waals surface area contributed by atoms with Crippen molar-refractivity contribution in [3.05, 3.63) is 77.3 Å². The number of benzene rings is 2. The molecule has 0 aliphatic carbocycles. The highest BCUT2D eigenvalue weighted by Gasteiger charge is 2.10. The van der Waals surface area contributed by atoms with Gasteiger partial charge < -0.3 is 10.1 Å². The van der Waals surface area contributed by atoms with Crippen LogP contribution < -0.4 is 15.5 Å². The second-order valence-corrected chi connectivity index (χ2v) is 5.56. The molecule has 0 aliphatic heterocycles. The van der Waals surface area contributed by atoms with Gasteiger partial charge >= 0.3 is 11.8 Å². The summed E-state index contributed by atoms with van der Waals surface area (Å²) >= 11 is 6.10. The number of carbonyl (C=O) groups excluding carboxylic acids is 2. The zero-order chi connectivity index (χ0) is 18.8. The molecule has 0 saturated heterocycles. The number of hydrogen-bond donors (Lipinski definition) is 2. The number of carbonyl (C=O) groups is 2. The summed E-state index contributed by atoms with van der Waals surface area (Å²) in [7, 11) is 0. The minimum absolute atomic E-state index is 0.209. The molecule has 2 N–H and O–H groups in total. The van der Waals surface area contributed by atoms with Crippen molar-refractivity contribution < 1.29 is 14.3 Å². The van der Waals surface area contributed by atoms with Gasteiger partial charge in [-0.05, 0) is 23.8 Å². The summed E-state index contributed by atoms with van der Waals surface area (Å²) in [5.41, 5.74) is 3.73. The van der Waals surface area contributed by atoms with Gasteiger partial charge in [0, 0.05) is 17.1 Å². The Labute approximate surface area is 156 Å². The third-order valence-corrected chi connectivity index (χ3v) is 3.57. The Bertz CT molecular complexity index is 821. The van der Waals surface area contributed by atoms with Crippen molar-refractivity contribution in [1.82, 2.24) is 10.7 Å². The van der Waals surface area contributed by atoms with E-state index in [9.17, 15) is 9.59 Å². The number of nitrogens with zero attached hydrogens (tertiary/aromatic N) is 1. The van der Waals surface area contributed by atoms with Crippen LogP contribution in [0.25, 0.3) is 0 Å². The average molecular weight is 372 g/mol. The smallest absolute Gasteiger partial charge is 0.329 e. The fourth-order valence-corrected chi connectivity index (χ4v) is 2.11. The van der Waals surface area contributed by atoms with E-state index in [4.69, 9.17) is 16.3 Å². The van der Waals surface area contributed by atoms with Crippen LogP contribution in [0.3, 0.4) is 0 Å². The molecule has 0 heterocycles. The minimum Gasteiger partial charge on any atom is -0.489 e. The molecule has 0 spiro atoms. The molecule has 7 heteroatoms. The quantitative estimate of drug-likeness (QED) is 0.340. The average Bonchev–Trinajstić information content (AvgIpc) is 2.65. The first-order valence-electron chi connectivity index (χ1n) is 7.78. The predicted molar refractivity (Wildman–Crippen MR) is 101 cm³/mol. The maximum atomic E-state index is 11.5. The van der Waals surface area contributed by atoms with Gasteiger partial charge in [-0.1, -0.05) is 48.0 Å².